The summed E-state index contributed by atoms with van der Waals surface area (Å²) in [7, 11) is 0. The van der Waals surface area contributed by atoms with Crippen LogP contribution in [0.15, 0.2) is 0 Å². The number of nitriles is 1. The van der Waals surface area contributed by atoms with E-state index in [9.17, 15) is 0 Å². The highest BCUT2D eigenvalue weighted by Crippen LogP contribution is 2.19. The third kappa shape index (κ3) is 3.78. The number of nitrogens with zero attached hydrogens (tertiary/aromatic N) is 1. The summed E-state index contributed by atoms with van der Waals surface area (Å²) in [6, 6.07) is 2.86. The van der Waals surface area contributed by atoms with Gasteiger partial charge in [-0.15, -0.1) is 0 Å². The highest BCUT2D eigenvalue weighted by molar-refractivity contribution is 5.01. The fraction of sp³-hybridized carbons (Fsp3) is 0.909. The third-order valence-electron chi connectivity index (χ3n) is 2.70. The summed E-state index contributed by atoms with van der Waals surface area (Å²) in [5, 5.41) is 12.3. The second-order valence-corrected chi connectivity index (χ2v) is 4.57. The average molecular weight is 180 g/mol. The summed E-state index contributed by atoms with van der Waals surface area (Å²) < 4.78 is 0. The van der Waals surface area contributed by atoms with Gasteiger partial charge in [-0.1, -0.05) is 25.7 Å². The molecule has 0 aromatic carbocycles. The molecule has 0 spiro atoms. The standard InChI is InChI=1S/C11H20N2/c1-11(2,9-12)13-10-7-5-3-4-6-8-10/h10,13H,3-8H2,1-2H3. The van der Waals surface area contributed by atoms with Gasteiger partial charge in [0.2, 0.25) is 0 Å². The number of hydrogen-bond donors (Lipinski definition) is 1. The van der Waals surface area contributed by atoms with Gasteiger partial charge in [0.25, 0.3) is 0 Å². The zero-order chi connectivity index (χ0) is 9.73. The first-order chi connectivity index (χ1) is 6.14. The van der Waals surface area contributed by atoms with Crippen molar-refractivity contribution in [3.05, 3.63) is 0 Å². The Labute approximate surface area is 81.3 Å². The quantitative estimate of drug-likeness (QED) is 0.663. The highest BCUT2D eigenvalue weighted by Gasteiger charge is 2.21. The van der Waals surface area contributed by atoms with Gasteiger partial charge in [0.15, 0.2) is 0 Å². The summed E-state index contributed by atoms with van der Waals surface area (Å²) in [5.41, 5.74) is -0.352. The molecule has 1 saturated carbocycles. The smallest absolute Gasteiger partial charge is 0.101 e. The molecule has 0 bridgehead atoms. The van der Waals surface area contributed by atoms with E-state index in [4.69, 9.17) is 5.26 Å². The minimum Gasteiger partial charge on any atom is -0.297 e. The minimum atomic E-state index is -0.352. The lowest BCUT2D eigenvalue weighted by Crippen LogP contribution is -2.44. The number of nitrogens with one attached hydrogen (secondary N) is 1. The molecule has 0 amide bonds. The molecule has 1 aliphatic carbocycles. The zero-order valence-electron chi connectivity index (χ0n) is 8.77. The molecule has 1 N–H and O–H groups in total. The Morgan fingerprint density at radius 2 is 1.69 bits per heavy atom. The van der Waals surface area contributed by atoms with Crippen LogP contribution in [0.5, 0.6) is 0 Å². The van der Waals surface area contributed by atoms with Gasteiger partial charge in [-0.2, -0.15) is 5.26 Å². The van der Waals surface area contributed by atoms with Crippen molar-refractivity contribution >= 4 is 0 Å². The topological polar surface area (TPSA) is 35.8 Å². The maximum absolute atomic E-state index is 8.88. The van der Waals surface area contributed by atoms with Crippen LogP contribution in [0.4, 0.5) is 0 Å². The fourth-order valence-electron chi connectivity index (χ4n) is 1.97. The second kappa shape index (κ2) is 4.62. The minimum absolute atomic E-state index is 0.352. The van der Waals surface area contributed by atoms with E-state index in [1.165, 1.54) is 38.5 Å². The molecule has 0 radical (unpaired) electrons. The lowest BCUT2D eigenvalue weighted by Gasteiger charge is -2.25. The summed E-state index contributed by atoms with van der Waals surface area (Å²) in [4.78, 5) is 0. The molecule has 2 nitrogen and oxygen atoms in total. The van der Waals surface area contributed by atoms with Crippen LogP contribution in [0.1, 0.15) is 52.4 Å². The van der Waals surface area contributed by atoms with Crippen molar-refractivity contribution in [1.29, 1.82) is 5.26 Å². The van der Waals surface area contributed by atoms with Gasteiger partial charge < -0.3 is 0 Å². The van der Waals surface area contributed by atoms with Gasteiger partial charge in [-0.25, -0.2) is 0 Å². The average Bonchev–Trinajstić information content (AvgIpc) is 2.32. The van der Waals surface area contributed by atoms with Crippen molar-refractivity contribution in [2.75, 3.05) is 0 Å². The predicted octanol–water partition coefficient (Wildman–Crippen LogP) is 2.60. The van der Waals surface area contributed by atoms with E-state index in [1.807, 2.05) is 13.8 Å². The van der Waals surface area contributed by atoms with E-state index in [2.05, 4.69) is 11.4 Å². The predicted molar refractivity (Wildman–Crippen MR) is 54.3 cm³/mol. The van der Waals surface area contributed by atoms with E-state index in [0.717, 1.165) is 0 Å². The molecule has 0 unspecified atom stereocenters. The number of hydrogen-bond acceptors (Lipinski definition) is 2. The van der Waals surface area contributed by atoms with Crippen LogP contribution in [-0.2, 0) is 0 Å². The second-order valence-electron chi connectivity index (χ2n) is 4.57. The molecule has 1 aliphatic rings. The van der Waals surface area contributed by atoms with Crippen LogP contribution < -0.4 is 5.32 Å². The van der Waals surface area contributed by atoms with Gasteiger partial charge >= 0.3 is 0 Å². The largest absolute Gasteiger partial charge is 0.297 e. The molecule has 0 aromatic heterocycles. The maximum atomic E-state index is 8.88. The van der Waals surface area contributed by atoms with Crippen LogP contribution in [-0.4, -0.2) is 11.6 Å². The van der Waals surface area contributed by atoms with Gasteiger partial charge in [-0.05, 0) is 26.7 Å². The molecule has 0 saturated heterocycles. The van der Waals surface area contributed by atoms with Gasteiger partial charge in [0.1, 0.15) is 5.54 Å². The molecule has 1 rings (SSSR count). The lowest BCUT2D eigenvalue weighted by atomic mass is 10.0. The highest BCUT2D eigenvalue weighted by atomic mass is 15.0. The first-order valence-corrected chi connectivity index (χ1v) is 5.33. The van der Waals surface area contributed by atoms with E-state index in [-0.39, 0.29) is 5.54 Å². The van der Waals surface area contributed by atoms with Crippen LogP contribution in [0.25, 0.3) is 0 Å². The van der Waals surface area contributed by atoms with Crippen LogP contribution in [0.3, 0.4) is 0 Å². The molecular weight excluding hydrogens is 160 g/mol. The summed E-state index contributed by atoms with van der Waals surface area (Å²) in [6.45, 7) is 3.91. The summed E-state index contributed by atoms with van der Waals surface area (Å²) in [5.74, 6) is 0. The van der Waals surface area contributed by atoms with Crippen molar-refractivity contribution in [3.8, 4) is 6.07 Å². The Kier molecular flexibility index (Phi) is 3.74. The lowest BCUT2D eigenvalue weighted by molar-refractivity contribution is 0.370. The fourth-order valence-corrected chi connectivity index (χ4v) is 1.97. The Hall–Kier alpha value is -0.550. The van der Waals surface area contributed by atoms with Crippen molar-refractivity contribution in [2.45, 2.75) is 64.0 Å². The van der Waals surface area contributed by atoms with Crippen molar-refractivity contribution < 1.29 is 0 Å². The molecule has 74 valence electrons. The molecule has 1 fully saturated rings. The van der Waals surface area contributed by atoms with Gasteiger partial charge in [-0.3, -0.25) is 5.32 Å². The van der Waals surface area contributed by atoms with Gasteiger partial charge in [0.05, 0.1) is 6.07 Å². The van der Waals surface area contributed by atoms with E-state index >= 15 is 0 Å². The van der Waals surface area contributed by atoms with E-state index in [0.29, 0.717) is 6.04 Å². The molecule has 13 heavy (non-hydrogen) atoms. The molecular formula is C11H20N2. The van der Waals surface area contributed by atoms with Crippen LogP contribution in [0, 0.1) is 11.3 Å². The number of rotatable bonds is 2. The Morgan fingerprint density at radius 3 is 2.15 bits per heavy atom. The molecule has 0 aromatic rings. The monoisotopic (exact) mass is 180 g/mol. The van der Waals surface area contributed by atoms with E-state index < -0.39 is 0 Å². The summed E-state index contributed by atoms with van der Waals surface area (Å²) >= 11 is 0. The first kappa shape index (κ1) is 10.5. The Morgan fingerprint density at radius 1 is 1.15 bits per heavy atom. The SMILES string of the molecule is CC(C)(C#N)NC1CCCCCC1. The third-order valence-corrected chi connectivity index (χ3v) is 2.70. The normalized spacial score (nSPS) is 20.7. The maximum Gasteiger partial charge on any atom is 0.101 e. The zero-order valence-corrected chi connectivity index (χ0v) is 8.77. The molecule has 0 aliphatic heterocycles. The summed E-state index contributed by atoms with van der Waals surface area (Å²) in [6.07, 6.45) is 7.85. The van der Waals surface area contributed by atoms with Crippen molar-refractivity contribution in [2.24, 2.45) is 0 Å². The Bertz CT molecular complexity index is 183. The van der Waals surface area contributed by atoms with E-state index in [1.54, 1.807) is 0 Å². The molecule has 2 heteroatoms. The Balaban J connectivity index is 2.39. The first-order valence-electron chi connectivity index (χ1n) is 5.33. The van der Waals surface area contributed by atoms with Gasteiger partial charge in [0, 0.05) is 6.04 Å². The van der Waals surface area contributed by atoms with Crippen LogP contribution >= 0.6 is 0 Å². The van der Waals surface area contributed by atoms with Crippen molar-refractivity contribution in [1.82, 2.24) is 5.32 Å². The van der Waals surface area contributed by atoms with Crippen molar-refractivity contribution in [3.63, 3.8) is 0 Å². The molecule has 0 atom stereocenters. The van der Waals surface area contributed by atoms with Crippen LogP contribution in [0.2, 0.25) is 0 Å². The molecule has 0 heterocycles.